The zero-order valence-electron chi connectivity index (χ0n) is 14.9. The van der Waals surface area contributed by atoms with Crippen LogP contribution in [0.3, 0.4) is 0 Å². The Morgan fingerprint density at radius 2 is 1.73 bits per heavy atom. The normalized spacial score (nSPS) is 10.3. The summed E-state index contributed by atoms with van der Waals surface area (Å²) < 4.78 is 0. The fourth-order valence-corrected chi connectivity index (χ4v) is 2.68. The SMILES string of the molecule is Cc1ccc(Nc2cncc(C(=O)NCCCc3ccccc3)c2)cc1. The number of aryl methyl sites for hydroxylation is 2. The summed E-state index contributed by atoms with van der Waals surface area (Å²) in [5.41, 5.74) is 4.82. The minimum absolute atomic E-state index is 0.0990. The molecule has 0 bridgehead atoms. The molecule has 3 rings (SSSR count). The van der Waals surface area contributed by atoms with E-state index in [-0.39, 0.29) is 5.91 Å². The Kier molecular flexibility index (Phi) is 5.99. The van der Waals surface area contributed by atoms with E-state index in [2.05, 4.69) is 27.8 Å². The van der Waals surface area contributed by atoms with E-state index in [0.29, 0.717) is 12.1 Å². The van der Waals surface area contributed by atoms with Gasteiger partial charge in [-0.15, -0.1) is 0 Å². The highest BCUT2D eigenvalue weighted by Crippen LogP contribution is 2.17. The molecule has 0 radical (unpaired) electrons. The van der Waals surface area contributed by atoms with Crippen molar-refractivity contribution in [2.45, 2.75) is 19.8 Å². The first-order valence-corrected chi connectivity index (χ1v) is 8.81. The highest BCUT2D eigenvalue weighted by atomic mass is 16.1. The molecule has 2 N–H and O–H groups in total. The van der Waals surface area contributed by atoms with Gasteiger partial charge in [-0.05, 0) is 43.5 Å². The summed E-state index contributed by atoms with van der Waals surface area (Å²) in [5.74, 6) is -0.0990. The average molecular weight is 345 g/mol. The third kappa shape index (κ3) is 5.18. The summed E-state index contributed by atoms with van der Waals surface area (Å²) in [5, 5.41) is 6.23. The molecule has 1 aromatic heterocycles. The van der Waals surface area contributed by atoms with Crippen LogP contribution in [0.1, 0.15) is 27.9 Å². The molecule has 0 unspecified atom stereocenters. The van der Waals surface area contributed by atoms with Gasteiger partial charge in [0.15, 0.2) is 0 Å². The zero-order valence-corrected chi connectivity index (χ0v) is 14.9. The highest BCUT2D eigenvalue weighted by Gasteiger charge is 2.07. The van der Waals surface area contributed by atoms with Crippen LogP contribution < -0.4 is 10.6 Å². The second-order valence-corrected chi connectivity index (χ2v) is 6.30. The van der Waals surface area contributed by atoms with Gasteiger partial charge < -0.3 is 10.6 Å². The van der Waals surface area contributed by atoms with E-state index in [0.717, 1.165) is 24.2 Å². The molecule has 0 aliphatic carbocycles. The van der Waals surface area contributed by atoms with E-state index >= 15 is 0 Å². The Hall–Kier alpha value is -3.14. The van der Waals surface area contributed by atoms with Gasteiger partial charge in [-0.25, -0.2) is 0 Å². The Balaban J connectivity index is 1.52. The van der Waals surface area contributed by atoms with Gasteiger partial charge in [0.05, 0.1) is 17.4 Å². The number of nitrogens with zero attached hydrogens (tertiary/aromatic N) is 1. The summed E-state index contributed by atoms with van der Waals surface area (Å²) in [6, 6.07) is 20.2. The second kappa shape index (κ2) is 8.81. The predicted molar refractivity (Wildman–Crippen MR) is 106 cm³/mol. The number of carbonyl (C=O) groups excluding carboxylic acids is 1. The largest absolute Gasteiger partial charge is 0.354 e. The van der Waals surface area contributed by atoms with Gasteiger partial charge >= 0.3 is 0 Å². The van der Waals surface area contributed by atoms with Crippen LogP contribution in [0.4, 0.5) is 11.4 Å². The number of hydrogen-bond donors (Lipinski definition) is 2. The molecule has 0 fully saturated rings. The van der Waals surface area contributed by atoms with Gasteiger partial charge in [-0.1, -0.05) is 48.0 Å². The Bertz CT molecular complexity index is 845. The molecule has 1 heterocycles. The number of pyridine rings is 1. The minimum Gasteiger partial charge on any atom is -0.354 e. The van der Waals surface area contributed by atoms with Crippen molar-refractivity contribution >= 4 is 17.3 Å². The van der Waals surface area contributed by atoms with Crippen molar-refractivity contribution in [3.05, 3.63) is 89.7 Å². The van der Waals surface area contributed by atoms with E-state index in [4.69, 9.17) is 0 Å². The number of hydrogen-bond acceptors (Lipinski definition) is 3. The number of anilines is 2. The lowest BCUT2D eigenvalue weighted by atomic mass is 10.1. The fraction of sp³-hybridized carbons (Fsp3) is 0.182. The zero-order chi connectivity index (χ0) is 18.2. The number of benzene rings is 2. The van der Waals surface area contributed by atoms with Crippen molar-refractivity contribution in [3.63, 3.8) is 0 Å². The van der Waals surface area contributed by atoms with E-state index in [1.165, 1.54) is 11.1 Å². The van der Waals surface area contributed by atoms with Gasteiger partial charge in [0, 0.05) is 18.4 Å². The Morgan fingerprint density at radius 3 is 2.50 bits per heavy atom. The number of carbonyl (C=O) groups is 1. The second-order valence-electron chi connectivity index (χ2n) is 6.30. The summed E-state index contributed by atoms with van der Waals surface area (Å²) >= 11 is 0. The molecule has 1 amide bonds. The van der Waals surface area contributed by atoms with Crippen LogP contribution in [-0.2, 0) is 6.42 Å². The van der Waals surface area contributed by atoms with Crippen LogP contribution in [-0.4, -0.2) is 17.4 Å². The van der Waals surface area contributed by atoms with Crippen LogP contribution in [0, 0.1) is 6.92 Å². The summed E-state index contributed by atoms with van der Waals surface area (Å²) in [6.07, 6.45) is 5.16. The predicted octanol–water partition coefficient (Wildman–Crippen LogP) is 4.50. The van der Waals surface area contributed by atoms with Crippen LogP contribution in [0.2, 0.25) is 0 Å². The molecule has 0 spiro atoms. The number of nitrogens with one attached hydrogen (secondary N) is 2. The van der Waals surface area contributed by atoms with Crippen LogP contribution in [0.5, 0.6) is 0 Å². The first-order chi connectivity index (χ1) is 12.7. The van der Waals surface area contributed by atoms with Gasteiger partial charge in [-0.3, -0.25) is 9.78 Å². The molecule has 2 aromatic carbocycles. The molecule has 0 saturated carbocycles. The van der Waals surface area contributed by atoms with Gasteiger partial charge in [-0.2, -0.15) is 0 Å². The maximum atomic E-state index is 12.3. The van der Waals surface area contributed by atoms with Gasteiger partial charge in [0.1, 0.15) is 0 Å². The molecule has 4 heteroatoms. The van der Waals surface area contributed by atoms with Crippen molar-refractivity contribution in [3.8, 4) is 0 Å². The van der Waals surface area contributed by atoms with Gasteiger partial charge in [0.25, 0.3) is 5.91 Å². The molecular weight excluding hydrogens is 322 g/mol. The molecule has 26 heavy (non-hydrogen) atoms. The molecule has 0 saturated heterocycles. The monoisotopic (exact) mass is 345 g/mol. The third-order valence-electron chi connectivity index (χ3n) is 4.11. The maximum Gasteiger partial charge on any atom is 0.252 e. The molecule has 132 valence electrons. The smallest absolute Gasteiger partial charge is 0.252 e. The van der Waals surface area contributed by atoms with E-state index in [9.17, 15) is 4.79 Å². The molecule has 4 nitrogen and oxygen atoms in total. The number of amides is 1. The van der Waals surface area contributed by atoms with Crippen molar-refractivity contribution in [2.24, 2.45) is 0 Å². The Labute approximate surface area is 154 Å². The summed E-state index contributed by atoms with van der Waals surface area (Å²) in [6.45, 7) is 2.69. The molecule has 3 aromatic rings. The highest BCUT2D eigenvalue weighted by molar-refractivity contribution is 5.94. The van der Waals surface area contributed by atoms with E-state index < -0.39 is 0 Å². The van der Waals surface area contributed by atoms with Crippen molar-refractivity contribution in [1.82, 2.24) is 10.3 Å². The lowest BCUT2D eigenvalue weighted by molar-refractivity contribution is 0.0953. The molecule has 0 atom stereocenters. The molecular formula is C22H23N3O. The van der Waals surface area contributed by atoms with Crippen molar-refractivity contribution in [1.29, 1.82) is 0 Å². The molecule has 0 aliphatic rings. The lowest BCUT2D eigenvalue weighted by Crippen LogP contribution is -2.25. The van der Waals surface area contributed by atoms with Crippen molar-refractivity contribution < 1.29 is 4.79 Å². The van der Waals surface area contributed by atoms with Gasteiger partial charge in [0.2, 0.25) is 0 Å². The average Bonchev–Trinajstić information content (AvgIpc) is 2.68. The number of rotatable bonds is 7. The van der Waals surface area contributed by atoms with Crippen LogP contribution in [0.15, 0.2) is 73.1 Å². The fourth-order valence-electron chi connectivity index (χ4n) is 2.68. The van der Waals surface area contributed by atoms with Crippen LogP contribution in [0.25, 0.3) is 0 Å². The van der Waals surface area contributed by atoms with Crippen LogP contribution >= 0.6 is 0 Å². The quantitative estimate of drug-likeness (QED) is 0.620. The number of aromatic nitrogens is 1. The summed E-state index contributed by atoms with van der Waals surface area (Å²) in [4.78, 5) is 16.5. The van der Waals surface area contributed by atoms with E-state index in [1.807, 2.05) is 55.5 Å². The third-order valence-corrected chi connectivity index (χ3v) is 4.11. The Morgan fingerprint density at radius 1 is 0.962 bits per heavy atom. The van der Waals surface area contributed by atoms with E-state index in [1.54, 1.807) is 12.4 Å². The standard InChI is InChI=1S/C22H23N3O/c1-17-9-11-20(12-10-17)25-21-14-19(15-23-16-21)22(26)24-13-5-8-18-6-3-2-4-7-18/h2-4,6-7,9-12,14-16,25H,5,8,13H2,1H3,(H,24,26). The maximum absolute atomic E-state index is 12.3. The minimum atomic E-state index is -0.0990. The van der Waals surface area contributed by atoms with Crippen molar-refractivity contribution in [2.75, 3.05) is 11.9 Å². The summed E-state index contributed by atoms with van der Waals surface area (Å²) in [7, 11) is 0. The first-order valence-electron chi connectivity index (χ1n) is 8.81. The lowest BCUT2D eigenvalue weighted by Gasteiger charge is -2.09. The molecule has 0 aliphatic heterocycles. The first kappa shape index (κ1) is 17.7. The topological polar surface area (TPSA) is 54.0 Å².